The van der Waals surface area contributed by atoms with E-state index in [1.807, 2.05) is 84.6 Å². The van der Waals surface area contributed by atoms with E-state index in [4.69, 9.17) is 9.15 Å². The van der Waals surface area contributed by atoms with Crippen molar-refractivity contribution >= 4 is 17.6 Å². The Hall–Kier alpha value is -4.69. The molecular formula is C36H37N3O5. The van der Waals surface area contributed by atoms with Crippen molar-refractivity contribution in [3.05, 3.63) is 125 Å². The molecule has 1 aromatic heterocycles. The Morgan fingerprint density at radius 2 is 1.48 bits per heavy atom. The second kappa shape index (κ2) is 12.5. The number of nitrogens with one attached hydrogen (secondary N) is 1. The molecule has 0 aliphatic carbocycles. The van der Waals surface area contributed by atoms with Gasteiger partial charge in [-0.3, -0.25) is 14.4 Å². The highest BCUT2D eigenvalue weighted by Gasteiger charge is 2.58. The molecule has 2 amide bonds. The lowest BCUT2D eigenvalue weighted by atomic mass is 9.76. The van der Waals surface area contributed by atoms with Gasteiger partial charge in [0.15, 0.2) is 5.78 Å². The number of amides is 2. The van der Waals surface area contributed by atoms with Crippen LogP contribution in [0.15, 0.2) is 95.4 Å². The first-order valence-electron chi connectivity index (χ1n) is 15.1. The van der Waals surface area contributed by atoms with Gasteiger partial charge in [-0.25, -0.2) is 0 Å². The van der Waals surface area contributed by atoms with Gasteiger partial charge in [-0.05, 0) is 55.3 Å². The van der Waals surface area contributed by atoms with Crippen LogP contribution >= 0.6 is 0 Å². The molecule has 2 saturated heterocycles. The second-order valence-electron chi connectivity index (χ2n) is 11.5. The number of aryl methyl sites for hydroxylation is 2. The molecular weight excluding hydrogens is 554 g/mol. The lowest BCUT2D eigenvalue weighted by Crippen LogP contribution is -2.54. The highest BCUT2D eigenvalue weighted by molar-refractivity contribution is 6.04. The van der Waals surface area contributed by atoms with Crippen molar-refractivity contribution in [1.82, 2.24) is 15.1 Å². The number of rotatable bonds is 7. The number of ketones is 1. The van der Waals surface area contributed by atoms with Crippen LogP contribution in [0.2, 0.25) is 0 Å². The van der Waals surface area contributed by atoms with Gasteiger partial charge >= 0.3 is 0 Å². The molecule has 0 saturated carbocycles. The third-order valence-corrected chi connectivity index (χ3v) is 8.85. The van der Waals surface area contributed by atoms with E-state index in [1.54, 1.807) is 37.1 Å². The molecule has 44 heavy (non-hydrogen) atoms. The van der Waals surface area contributed by atoms with Gasteiger partial charge in [-0.1, -0.05) is 60.7 Å². The maximum Gasteiger partial charge on any atom is 0.255 e. The van der Waals surface area contributed by atoms with E-state index in [-0.39, 0.29) is 17.6 Å². The Kier molecular flexibility index (Phi) is 8.35. The monoisotopic (exact) mass is 591 g/mol. The summed E-state index contributed by atoms with van der Waals surface area (Å²) >= 11 is 0. The van der Waals surface area contributed by atoms with Crippen molar-refractivity contribution in [1.29, 1.82) is 0 Å². The molecule has 8 nitrogen and oxygen atoms in total. The lowest BCUT2D eigenvalue weighted by Gasteiger charge is -2.36. The summed E-state index contributed by atoms with van der Waals surface area (Å²) in [5, 5.41) is 3.31. The standard InChI is InChI=1S/C36H37N3O5/c1-23-22-29(24(2)44-23)34(40)31-30(25-14-16-28(43-3)17-15-25)33(36(42)38-20-18-37-19-21-38)39(32(31)26-10-6-4-7-11-26)35(41)27-12-8-5-9-13-27/h4-17,22,30-33,37H,18-21H2,1-3H3. The molecule has 0 radical (unpaired) electrons. The van der Waals surface area contributed by atoms with Gasteiger partial charge in [0.2, 0.25) is 5.91 Å². The highest BCUT2D eigenvalue weighted by atomic mass is 16.5. The van der Waals surface area contributed by atoms with Crippen LogP contribution in [-0.2, 0) is 4.79 Å². The summed E-state index contributed by atoms with van der Waals surface area (Å²) in [6, 6.07) is 26.2. The number of piperazine rings is 1. The Balaban J connectivity index is 1.61. The number of furan rings is 1. The topological polar surface area (TPSA) is 92.1 Å². The van der Waals surface area contributed by atoms with Gasteiger partial charge < -0.3 is 24.3 Å². The highest BCUT2D eigenvalue weighted by Crippen LogP contribution is 2.52. The number of hydrogen-bond donors (Lipinski definition) is 1. The first-order valence-corrected chi connectivity index (χ1v) is 15.1. The van der Waals surface area contributed by atoms with Crippen LogP contribution in [-0.4, -0.2) is 66.7 Å². The normalized spacial score (nSPS) is 21.7. The Morgan fingerprint density at radius 1 is 0.841 bits per heavy atom. The van der Waals surface area contributed by atoms with E-state index in [0.29, 0.717) is 54.6 Å². The molecule has 0 spiro atoms. The number of Topliss-reactive ketones (excluding diaryl/α,β-unsaturated/α-hetero) is 1. The zero-order chi connectivity index (χ0) is 30.8. The van der Waals surface area contributed by atoms with Crippen LogP contribution in [0.4, 0.5) is 0 Å². The number of carbonyl (C=O) groups excluding carboxylic acids is 3. The van der Waals surface area contributed by atoms with Gasteiger partial charge in [0, 0.05) is 37.7 Å². The lowest BCUT2D eigenvalue weighted by molar-refractivity contribution is -0.136. The van der Waals surface area contributed by atoms with Crippen molar-refractivity contribution in [2.24, 2.45) is 5.92 Å². The summed E-state index contributed by atoms with van der Waals surface area (Å²) in [6.45, 7) is 5.97. The van der Waals surface area contributed by atoms with Crippen molar-refractivity contribution in [3.63, 3.8) is 0 Å². The van der Waals surface area contributed by atoms with Crippen LogP contribution < -0.4 is 10.1 Å². The van der Waals surface area contributed by atoms with Gasteiger partial charge in [0.25, 0.3) is 5.91 Å². The van der Waals surface area contributed by atoms with E-state index in [1.165, 1.54) is 0 Å². The van der Waals surface area contributed by atoms with Crippen LogP contribution in [0.3, 0.4) is 0 Å². The molecule has 4 aromatic rings. The zero-order valence-electron chi connectivity index (χ0n) is 25.2. The number of ether oxygens (including phenoxy) is 1. The molecule has 8 heteroatoms. The van der Waals surface area contributed by atoms with Crippen molar-refractivity contribution in [2.75, 3.05) is 33.3 Å². The van der Waals surface area contributed by atoms with E-state index >= 15 is 0 Å². The third-order valence-electron chi connectivity index (χ3n) is 8.85. The summed E-state index contributed by atoms with van der Waals surface area (Å²) in [5.41, 5.74) is 2.51. The fraction of sp³-hybridized carbons (Fsp3) is 0.306. The quantitative estimate of drug-likeness (QED) is 0.298. The summed E-state index contributed by atoms with van der Waals surface area (Å²) in [6.07, 6.45) is 0. The smallest absolute Gasteiger partial charge is 0.255 e. The first kappa shape index (κ1) is 29.4. The predicted octanol–water partition coefficient (Wildman–Crippen LogP) is 5.19. The molecule has 3 heterocycles. The van der Waals surface area contributed by atoms with E-state index in [2.05, 4.69) is 5.32 Å². The largest absolute Gasteiger partial charge is 0.497 e. The fourth-order valence-electron chi connectivity index (χ4n) is 6.83. The molecule has 2 aliphatic heterocycles. The maximum atomic E-state index is 14.9. The Labute approximate surface area is 257 Å². The Bertz CT molecular complexity index is 1630. The maximum absolute atomic E-state index is 14.9. The van der Waals surface area contributed by atoms with Gasteiger partial charge in [-0.15, -0.1) is 0 Å². The number of benzene rings is 3. The zero-order valence-corrected chi connectivity index (χ0v) is 25.2. The number of hydrogen-bond acceptors (Lipinski definition) is 6. The summed E-state index contributed by atoms with van der Waals surface area (Å²) in [7, 11) is 1.60. The number of likely N-dealkylation sites (tertiary alicyclic amines) is 1. The van der Waals surface area contributed by atoms with Crippen LogP contribution in [0.5, 0.6) is 5.75 Å². The molecule has 1 N–H and O–H groups in total. The third kappa shape index (κ3) is 5.42. The van der Waals surface area contributed by atoms with Crippen molar-refractivity contribution < 1.29 is 23.5 Å². The van der Waals surface area contributed by atoms with E-state index in [0.717, 1.165) is 11.1 Å². The fourth-order valence-corrected chi connectivity index (χ4v) is 6.83. The minimum Gasteiger partial charge on any atom is -0.497 e. The number of nitrogens with zero attached hydrogens (tertiary/aromatic N) is 2. The van der Waals surface area contributed by atoms with Crippen molar-refractivity contribution in [2.45, 2.75) is 31.8 Å². The molecule has 226 valence electrons. The van der Waals surface area contributed by atoms with E-state index in [9.17, 15) is 14.4 Å². The van der Waals surface area contributed by atoms with Gasteiger partial charge in [-0.2, -0.15) is 0 Å². The molecule has 3 aromatic carbocycles. The summed E-state index contributed by atoms with van der Waals surface area (Å²) in [4.78, 5) is 47.8. The molecule has 0 bridgehead atoms. The number of methoxy groups -OCH3 is 1. The molecule has 4 atom stereocenters. The average molecular weight is 592 g/mol. The molecule has 4 unspecified atom stereocenters. The Morgan fingerprint density at radius 3 is 2.07 bits per heavy atom. The minimum atomic E-state index is -0.929. The molecule has 2 fully saturated rings. The van der Waals surface area contributed by atoms with Gasteiger partial charge in [0.05, 0.1) is 24.6 Å². The van der Waals surface area contributed by atoms with Crippen molar-refractivity contribution in [3.8, 4) is 5.75 Å². The molecule has 6 rings (SSSR count). The first-order chi connectivity index (χ1) is 21.4. The van der Waals surface area contributed by atoms with Gasteiger partial charge in [0.1, 0.15) is 23.3 Å². The van der Waals surface area contributed by atoms with Crippen LogP contribution in [0.1, 0.15) is 55.3 Å². The predicted molar refractivity (Wildman–Crippen MR) is 167 cm³/mol. The second-order valence-corrected chi connectivity index (χ2v) is 11.5. The summed E-state index contributed by atoms with van der Waals surface area (Å²) in [5.74, 6) is -0.199. The van der Waals surface area contributed by atoms with Crippen LogP contribution in [0, 0.1) is 19.8 Å². The molecule has 2 aliphatic rings. The van der Waals surface area contributed by atoms with Crippen LogP contribution in [0.25, 0.3) is 0 Å². The summed E-state index contributed by atoms with van der Waals surface area (Å²) < 4.78 is 11.3. The van der Waals surface area contributed by atoms with E-state index < -0.39 is 23.9 Å². The minimum absolute atomic E-state index is 0.157. The SMILES string of the molecule is COc1ccc(C2C(C(=O)c3cc(C)oc3C)C(c3ccccc3)N(C(=O)c3ccccc3)C2C(=O)N2CCNCC2)cc1. The number of carbonyl (C=O) groups is 3. The average Bonchev–Trinajstić information content (AvgIpc) is 3.61.